The van der Waals surface area contributed by atoms with Gasteiger partial charge in [0.15, 0.2) is 0 Å². The van der Waals surface area contributed by atoms with E-state index < -0.39 is 11.9 Å². The van der Waals surface area contributed by atoms with Crippen molar-refractivity contribution in [3.63, 3.8) is 0 Å². The lowest BCUT2D eigenvalue weighted by Gasteiger charge is -2.32. The maximum absolute atomic E-state index is 12.4. The number of ether oxygens (including phenoxy) is 3. The van der Waals surface area contributed by atoms with E-state index in [1.807, 2.05) is 0 Å². The number of carbonyl (C=O) groups is 2. The standard InChI is InChI=1S/C15H14ClN5O5/c1-24-14(22)10-6-26-7-21(12(10)15(23)25-2)11-5-8(16)3-4-9(11)13-17-19-20-18-13/h3-5H,6-7H2,1-2H3,(H,17,18,19,20). The van der Waals surface area contributed by atoms with Crippen LogP contribution in [0, 0.1) is 0 Å². The van der Waals surface area contributed by atoms with Crippen molar-refractivity contribution in [1.29, 1.82) is 0 Å². The first-order valence-electron chi connectivity index (χ1n) is 7.35. The molecule has 3 rings (SSSR count). The molecule has 0 saturated heterocycles. The highest BCUT2D eigenvalue weighted by atomic mass is 35.5. The summed E-state index contributed by atoms with van der Waals surface area (Å²) in [6.07, 6.45) is 0. The van der Waals surface area contributed by atoms with E-state index in [9.17, 15) is 9.59 Å². The number of hydrogen-bond acceptors (Lipinski definition) is 9. The number of benzene rings is 1. The Morgan fingerprint density at radius 1 is 1.27 bits per heavy atom. The molecule has 0 saturated carbocycles. The Kier molecular flexibility index (Phi) is 5.14. The number of H-pyrrole nitrogens is 1. The molecule has 0 amide bonds. The first-order chi connectivity index (χ1) is 12.6. The quantitative estimate of drug-likeness (QED) is 0.773. The number of carbonyl (C=O) groups excluding carboxylic acids is 2. The van der Waals surface area contributed by atoms with Gasteiger partial charge in [0.05, 0.1) is 32.1 Å². The molecule has 136 valence electrons. The van der Waals surface area contributed by atoms with Crippen LogP contribution in [0.5, 0.6) is 0 Å². The van der Waals surface area contributed by atoms with Crippen molar-refractivity contribution < 1.29 is 23.8 Å². The van der Waals surface area contributed by atoms with Crippen LogP contribution < -0.4 is 4.90 Å². The van der Waals surface area contributed by atoms with Gasteiger partial charge in [-0.3, -0.25) is 0 Å². The molecule has 26 heavy (non-hydrogen) atoms. The van der Waals surface area contributed by atoms with Crippen LogP contribution in [0.1, 0.15) is 0 Å². The fraction of sp³-hybridized carbons (Fsp3) is 0.267. The number of hydrogen-bond donors (Lipinski definition) is 1. The molecule has 11 heteroatoms. The molecule has 0 atom stereocenters. The summed E-state index contributed by atoms with van der Waals surface area (Å²) < 4.78 is 15.1. The average molecular weight is 380 g/mol. The van der Waals surface area contributed by atoms with Crippen molar-refractivity contribution in [2.75, 3.05) is 32.5 Å². The summed E-state index contributed by atoms with van der Waals surface area (Å²) in [6, 6.07) is 4.91. The molecule has 2 aromatic rings. The molecule has 1 aliphatic heterocycles. The van der Waals surface area contributed by atoms with Gasteiger partial charge in [-0.15, -0.1) is 10.2 Å². The van der Waals surface area contributed by atoms with E-state index in [4.69, 9.17) is 25.8 Å². The molecule has 0 radical (unpaired) electrons. The van der Waals surface area contributed by atoms with E-state index in [0.29, 0.717) is 16.3 Å². The van der Waals surface area contributed by atoms with Gasteiger partial charge in [-0.25, -0.2) is 9.59 Å². The Bertz CT molecular complexity index is 867. The number of nitrogens with one attached hydrogen (secondary N) is 1. The number of aromatic nitrogens is 4. The van der Waals surface area contributed by atoms with Gasteiger partial charge in [0, 0.05) is 10.6 Å². The predicted octanol–water partition coefficient (Wildman–Crippen LogP) is 0.914. The lowest BCUT2D eigenvalue weighted by atomic mass is 10.1. The van der Waals surface area contributed by atoms with Gasteiger partial charge in [0.1, 0.15) is 12.4 Å². The van der Waals surface area contributed by atoms with Crippen LogP contribution in [0.15, 0.2) is 29.5 Å². The Balaban J connectivity index is 2.20. The first kappa shape index (κ1) is 17.8. The summed E-state index contributed by atoms with van der Waals surface area (Å²) in [5.41, 5.74) is 1.00. The second-order valence-corrected chi connectivity index (χ2v) is 5.55. The summed E-state index contributed by atoms with van der Waals surface area (Å²) in [7, 11) is 2.43. The zero-order valence-corrected chi connectivity index (χ0v) is 14.6. The SMILES string of the molecule is COC(=O)C1=C(C(=O)OC)N(c2cc(Cl)ccc2-c2nn[nH]n2)COC1. The van der Waals surface area contributed by atoms with E-state index in [1.54, 1.807) is 18.2 Å². The lowest BCUT2D eigenvalue weighted by Crippen LogP contribution is -2.39. The maximum atomic E-state index is 12.4. The summed E-state index contributed by atoms with van der Waals surface area (Å²) >= 11 is 6.13. The van der Waals surface area contributed by atoms with Gasteiger partial charge in [0.25, 0.3) is 0 Å². The fourth-order valence-electron chi connectivity index (χ4n) is 2.53. The van der Waals surface area contributed by atoms with Crippen LogP contribution in [0.2, 0.25) is 5.02 Å². The summed E-state index contributed by atoms with van der Waals surface area (Å²) in [6.45, 7) is -0.109. The van der Waals surface area contributed by atoms with Gasteiger partial charge in [-0.2, -0.15) is 5.21 Å². The molecule has 1 aromatic heterocycles. The van der Waals surface area contributed by atoms with E-state index in [1.165, 1.54) is 19.1 Å². The van der Waals surface area contributed by atoms with Crippen LogP contribution in [0.25, 0.3) is 11.4 Å². The van der Waals surface area contributed by atoms with Gasteiger partial charge < -0.3 is 19.1 Å². The average Bonchev–Trinajstić information content (AvgIpc) is 3.20. The number of tetrazole rings is 1. The van der Waals surface area contributed by atoms with Crippen LogP contribution in [-0.4, -0.2) is 60.1 Å². The van der Waals surface area contributed by atoms with E-state index in [2.05, 4.69) is 20.6 Å². The van der Waals surface area contributed by atoms with Crippen molar-refractivity contribution in [3.05, 3.63) is 34.5 Å². The Labute approximate surface area is 152 Å². The second kappa shape index (κ2) is 7.50. The minimum atomic E-state index is -0.715. The normalized spacial score (nSPS) is 14.3. The summed E-state index contributed by atoms with van der Waals surface area (Å²) in [5.74, 6) is -1.13. The molecule has 0 spiro atoms. The van der Waals surface area contributed by atoms with Gasteiger partial charge in [-0.05, 0) is 23.4 Å². The highest BCUT2D eigenvalue weighted by molar-refractivity contribution is 6.31. The molecule has 0 fully saturated rings. The smallest absolute Gasteiger partial charge is 0.355 e. The van der Waals surface area contributed by atoms with Crippen LogP contribution in [-0.2, 0) is 23.8 Å². The number of nitrogens with zero attached hydrogens (tertiary/aromatic N) is 4. The molecule has 2 heterocycles. The summed E-state index contributed by atoms with van der Waals surface area (Å²) in [4.78, 5) is 25.9. The molecular weight excluding hydrogens is 366 g/mol. The zero-order valence-electron chi connectivity index (χ0n) is 13.9. The number of anilines is 1. The fourth-order valence-corrected chi connectivity index (χ4v) is 2.69. The summed E-state index contributed by atoms with van der Waals surface area (Å²) in [5, 5.41) is 14.2. The topological polar surface area (TPSA) is 120 Å². The number of rotatable bonds is 4. The zero-order chi connectivity index (χ0) is 18.7. The minimum Gasteiger partial charge on any atom is -0.466 e. The minimum absolute atomic E-state index is 0.00221. The number of halogens is 1. The third kappa shape index (κ3) is 3.24. The van der Waals surface area contributed by atoms with Gasteiger partial charge >= 0.3 is 11.9 Å². The van der Waals surface area contributed by atoms with Crippen LogP contribution in [0.4, 0.5) is 5.69 Å². The molecule has 10 nitrogen and oxygen atoms in total. The Morgan fingerprint density at radius 2 is 2.04 bits per heavy atom. The third-order valence-corrected chi connectivity index (χ3v) is 3.91. The molecular formula is C15H14ClN5O5. The molecule has 1 aliphatic rings. The van der Waals surface area contributed by atoms with E-state index >= 15 is 0 Å². The van der Waals surface area contributed by atoms with Crippen molar-refractivity contribution in [3.8, 4) is 11.4 Å². The first-order valence-corrected chi connectivity index (χ1v) is 7.73. The molecule has 1 aromatic carbocycles. The highest BCUT2D eigenvalue weighted by Gasteiger charge is 2.34. The lowest BCUT2D eigenvalue weighted by molar-refractivity contribution is -0.140. The molecule has 1 N–H and O–H groups in total. The largest absolute Gasteiger partial charge is 0.466 e. The maximum Gasteiger partial charge on any atom is 0.355 e. The molecule has 0 unspecified atom stereocenters. The van der Waals surface area contributed by atoms with Crippen molar-refractivity contribution in [1.82, 2.24) is 20.6 Å². The Morgan fingerprint density at radius 3 is 2.69 bits per heavy atom. The Hall–Kier alpha value is -2.98. The van der Waals surface area contributed by atoms with Crippen molar-refractivity contribution in [2.24, 2.45) is 0 Å². The van der Waals surface area contributed by atoms with Crippen molar-refractivity contribution >= 4 is 29.2 Å². The van der Waals surface area contributed by atoms with Gasteiger partial charge in [0.2, 0.25) is 5.82 Å². The van der Waals surface area contributed by atoms with Crippen LogP contribution >= 0.6 is 11.6 Å². The number of esters is 2. The monoisotopic (exact) mass is 379 g/mol. The second-order valence-electron chi connectivity index (χ2n) is 5.11. The van der Waals surface area contributed by atoms with Crippen LogP contribution in [0.3, 0.4) is 0 Å². The van der Waals surface area contributed by atoms with Gasteiger partial charge in [-0.1, -0.05) is 11.6 Å². The van der Waals surface area contributed by atoms with Crippen molar-refractivity contribution in [2.45, 2.75) is 0 Å². The van der Waals surface area contributed by atoms with E-state index in [0.717, 1.165) is 0 Å². The molecule has 0 aliphatic carbocycles. The number of aromatic amines is 1. The van der Waals surface area contributed by atoms with E-state index in [-0.39, 0.29) is 30.4 Å². The highest BCUT2D eigenvalue weighted by Crippen LogP contribution is 2.35. The third-order valence-electron chi connectivity index (χ3n) is 3.67. The number of methoxy groups -OCH3 is 2. The predicted molar refractivity (Wildman–Crippen MR) is 89.0 cm³/mol. The molecule has 0 bridgehead atoms.